The van der Waals surface area contributed by atoms with Crippen LogP contribution in [0.4, 0.5) is 0 Å². The van der Waals surface area contributed by atoms with Crippen molar-refractivity contribution < 1.29 is 0 Å². The first-order chi connectivity index (χ1) is 14.4. The van der Waals surface area contributed by atoms with Crippen LogP contribution in [0.5, 0.6) is 0 Å². The largest absolute Gasteiger partial charge is 0.400 e. The number of aryl methyl sites for hydroxylation is 1. The minimum atomic E-state index is 0.290. The summed E-state index contributed by atoms with van der Waals surface area (Å²) in [4.78, 5) is 2.10. The van der Waals surface area contributed by atoms with Gasteiger partial charge in [-0.2, -0.15) is 0 Å². The van der Waals surface area contributed by atoms with Crippen molar-refractivity contribution in [2.45, 2.75) is 73.3 Å². The normalized spacial score (nSPS) is 11.5. The molecule has 6 N–H and O–H groups in total. The maximum absolute atomic E-state index is 6.12. The highest BCUT2D eigenvalue weighted by molar-refractivity contribution is 5.02. The Morgan fingerprint density at radius 3 is 1.97 bits per heavy atom. The van der Waals surface area contributed by atoms with Gasteiger partial charge in [-0.3, -0.25) is 9.58 Å². The number of nitrogens with zero attached hydrogens (tertiary/aromatic N) is 8. The highest BCUT2D eigenvalue weighted by atomic mass is 15.4. The first-order valence-electron chi connectivity index (χ1n) is 10.6. The van der Waals surface area contributed by atoms with Crippen LogP contribution in [0.25, 0.3) is 0 Å². The van der Waals surface area contributed by atoms with Crippen molar-refractivity contribution in [3.05, 3.63) is 35.7 Å². The van der Waals surface area contributed by atoms with Crippen molar-refractivity contribution in [3.8, 4) is 0 Å². The van der Waals surface area contributed by atoms with Crippen LogP contribution in [-0.2, 0) is 26.3 Å². The smallest absolute Gasteiger partial charge is 0.0968 e. The molecule has 11 nitrogen and oxygen atoms in total. The Morgan fingerprint density at radius 1 is 1.00 bits per heavy atom. The van der Waals surface area contributed by atoms with E-state index < -0.39 is 0 Å². The molecule has 30 heavy (non-hydrogen) atoms. The fourth-order valence-electron chi connectivity index (χ4n) is 2.65. The summed E-state index contributed by atoms with van der Waals surface area (Å²) in [6.45, 7) is 11.8. The quantitative estimate of drug-likeness (QED) is 0.337. The molecular formula is C19H39N11. The van der Waals surface area contributed by atoms with Crippen molar-refractivity contribution in [2.24, 2.45) is 17.3 Å². The summed E-state index contributed by atoms with van der Waals surface area (Å²) >= 11 is 0. The van der Waals surface area contributed by atoms with Gasteiger partial charge in [0.2, 0.25) is 0 Å². The van der Waals surface area contributed by atoms with Gasteiger partial charge in [0.25, 0.3) is 0 Å². The van der Waals surface area contributed by atoms with Gasteiger partial charge < -0.3 is 16.5 Å². The molecular weight excluding hydrogens is 382 g/mol. The Labute approximate surface area is 179 Å². The van der Waals surface area contributed by atoms with E-state index in [-0.39, 0.29) is 0 Å². The monoisotopic (exact) mass is 421 g/mol. The average Bonchev–Trinajstić information content (AvgIpc) is 3.37. The van der Waals surface area contributed by atoms with E-state index in [1.807, 2.05) is 26.2 Å². The Balaban J connectivity index is 0.000000804. The summed E-state index contributed by atoms with van der Waals surface area (Å²) in [6, 6.07) is 0. The second-order valence-corrected chi connectivity index (χ2v) is 7.03. The lowest BCUT2D eigenvalue weighted by molar-refractivity contribution is 0.268. The number of hydrazine groups is 1. The van der Waals surface area contributed by atoms with E-state index in [1.54, 1.807) is 20.6 Å². The van der Waals surface area contributed by atoms with Crippen LogP contribution in [0.15, 0.2) is 24.3 Å². The van der Waals surface area contributed by atoms with E-state index in [0.717, 1.165) is 17.9 Å². The molecule has 170 valence electrons. The Morgan fingerprint density at radius 2 is 1.57 bits per heavy atom. The zero-order chi connectivity index (χ0) is 22.4. The molecule has 0 spiro atoms. The van der Waals surface area contributed by atoms with Gasteiger partial charge in [0, 0.05) is 50.8 Å². The number of hydrogen-bond donors (Lipinski definition) is 3. The number of unbranched alkanes of at least 4 members (excludes halogenated alkanes) is 2. The summed E-state index contributed by atoms with van der Waals surface area (Å²) in [5.74, 6) is 5.79. The van der Waals surface area contributed by atoms with Crippen molar-refractivity contribution in [2.75, 3.05) is 13.1 Å². The lowest BCUT2D eigenvalue weighted by Gasteiger charge is -2.21. The van der Waals surface area contributed by atoms with Gasteiger partial charge in [-0.25, -0.2) is 10.5 Å². The maximum atomic E-state index is 6.12. The first kappa shape index (κ1) is 25.5. The minimum absolute atomic E-state index is 0.290. The molecule has 0 aliphatic rings. The topological polar surface area (TPSA) is 146 Å². The molecule has 2 heterocycles. The minimum Gasteiger partial charge on any atom is -0.400 e. The predicted octanol–water partition coefficient (Wildman–Crippen LogP) is 1.00. The SMILES string of the molecule is CCCCC.CCN(N)/C=C(\N)CN(Cc1cn(CC)nn1)Cc1cn(CN)nn1. The van der Waals surface area contributed by atoms with Gasteiger partial charge in [0.05, 0.1) is 24.3 Å². The summed E-state index contributed by atoms with van der Waals surface area (Å²) in [5.41, 5.74) is 14.0. The highest BCUT2D eigenvalue weighted by Gasteiger charge is 2.13. The van der Waals surface area contributed by atoms with Crippen LogP contribution in [0.3, 0.4) is 0 Å². The van der Waals surface area contributed by atoms with Gasteiger partial charge in [-0.15, -0.1) is 10.2 Å². The summed E-state index contributed by atoms with van der Waals surface area (Å²) in [5, 5.41) is 17.9. The third kappa shape index (κ3) is 9.81. The number of aromatic nitrogens is 6. The molecule has 2 aromatic rings. The first-order valence-corrected chi connectivity index (χ1v) is 10.6. The van der Waals surface area contributed by atoms with Crippen molar-refractivity contribution >= 4 is 0 Å². The van der Waals surface area contributed by atoms with Crippen molar-refractivity contribution in [1.29, 1.82) is 0 Å². The van der Waals surface area contributed by atoms with E-state index in [0.29, 0.717) is 38.5 Å². The van der Waals surface area contributed by atoms with E-state index in [4.69, 9.17) is 17.3 Å². The fourth-order valence-corrected chi connectivity index (χ4v) is 2.65. The molecule has 2 aromatic heterocycles. The molecule has 0 aliphatic carbocycles. The Bertz CT molecular complexity index is 675. The van der Waals surface area contributed by atoms with Gasteiger partial charge in [-0.05, 0) is 13.8 Å². The molecule has 0 radical (unpaired) electrons. The second kappa shape index (κ2) is 14.5. The molecule has 0 unspecified atom stereocenters. The molecule has 0 aliphatic heterocycles. The predicted molar refractivity (Wildman–Crippen MR) is 118 cm³/mol. The van der Waals surface area contributed by atoms with Crippen LogP contribution >= 0.6 is 0 Å². The third-order valence-electron chi connectivity index (χ3n) is 4.26. The van der Waals surface area contributed by atoms with E-state index in [1.165, 1.54) is 19.3 Å². The Hall–Kier alpha value is -2.50. The molecule has 0 fully saturated rings. The zero-order valence-corrected chi connectivity index (χ0v) is 18.9. The van der Waals surface area contributed by atoms with E-state index in [9.17, 15) is 0 Å². The second-order valence-electron chi connectivity index (χ2n) is 7.03. The maximum Gasteiger partial charge on any atom is 0.0968 e. The lowest BCUT2D eigenvalue weighted by atomic mass is 10.3. The Kier molecular flexibility index (Phi) is 12.3. The molecule has 0 atom stereocenters. The molecule has 11 heteroatoms. The third-order valence-corrected chi connectivity index (χ3v) is 4.26. The van der Waals surface area contributed by atoms with Crippen LogP contribution in [0.1, 0.15) is 58.3 Å². The van der Waals surface area contributed by atoms with Crippen LogP contribution in [0, 0.1) is 0 Å². The summed E-state index contributed by atoms with van der Waals surface area (Å²) in [6.07, 6.45) is 9.54. The van der Waals surface area contributed by atoms with E-state index >= 15 is 0 Å². The van der Waals surface area contributed by atoms with Gasteiger partial charge >= 0.3 is 0 Å². The molecule has 0 saturated heterocycles. The standard InChI is InChI=1S/C14H27N11.C5H12/c1-3-23(17)6-12(16)5-22(7-13-9-24(4-2)20-18-13)8-14-10-25(11-15)21-19-14;1-3-5-4-2/h6,9-10H,3-5,7-8,11,15-17H2,1-2H3;3-5H2,1-2H3/b12-6-;. The lowest BCUT2D eigenvalue weighted by Crippen LogP contribution is -2.31. The van der Waals surface area contributed by atoms with Gasteiger partial charge in [0.15, 0.2) is 0 Å². The number of nitrogens with two attached hydrogens (primary N) is 3. The van der Waals surface area contributed by atoms with Crippen molar-refractivity contribution in [3.63, 3.8) is 0 Å². The van der Waals surface area contributed by atoms with Gasteiger partial charge in [-0.1, -0.05) is 43.5 Å². The molecule has 0 bridgehead atoms. The van der Waals surface area contributed by atoms with Crippen LogP contribution in [-0.4, -0.2) is 53.0 Å². The van der Waals surface area contributed by atoms with Crippen molar-refractivity contribution in [1.82, 2.24) is 39.9 Å². The molecule has 2 rings (SSSR count). The fraction of sp³-hybridized carbons (Fsp3) is 0.684. The molecule has 0 amide bonds. The highest BCUT2D eigenvalue weighted by Crippen LogP contribution is 2.08. The van der Waals surface area contributed by atoms with E-state index in [2.05, 4.69) is 39.4 Å². The van der Waals surface area contributed by atoms with Crippen LogP contribution in [0.2, 0.25) is 0 Å². The average molecular weight is 422 g/mol. The summed E-state index contributed by atoms with van der Waals surface area (Å²) in [7, 11) is 0. The number of rotatable bonds is 12. The number of hydrogen-bond acceptors (Lipinski definition) is 9. The van der Waals surface area contributed by atoms with Crippen LogP contribution < -0.4 is 17.3 Å². The zero-order valence-electron chi connectivity index (χ0n) is 18.9. The molecule has 0 saturated carbocycles. The summed E-state index contributed by atoms with van der Waals surface area (Å²) < 4.78 is 3.37. The van der Waals surface area contributed by atoms with Gasteiger partial charge in [0.1, 0.15) is 0 Å². The molecule has 0 aromatic carbocycles.